The van der Waals surface area contributed by atoms with Crippen LogP contribution < -0.4 is 4.74 Å². The van der Waals surface area contributed by atoms with Crippen molar-refractivity contribution in [3.05, 3.63) is 143 Å². The smallest absolute Gasteiger partial charge is 0.335 e. The Labute approximate surface area is 264 Å². The van der Waals surface area contributed by atoms with Crippen LogP contribution in [0.25, 0.3) is 22.3 Å². The third-order valence-corrected chi connectivity index (χ3v) is 8.69. The van der Waals surface area contributed by atoms with Crippen molar-refractivity contribution in [2.45, 2.75) is 44.8 Å². The summed E-state index contributed by atoms with van der Waals surface area (Å²) >= 11 is 0. The number of carboxylic acids is 1. The highest BCUT2D eigenvalue weighted by atomic mass is 19.1. The topological polar surface area (TPSA) is 90.1 Å². The first-order valence-corrected chi connectivity index (χ1v) is 15.0. The number of carboxylic acid groups (broad SMARTS) is 1. The van der Waals surface area contributed by atoms with Gasteiger partial charge in [-0.05, 0) is 85.0 Å². The van der Waals surface area contributed by atoms with E-state index in [1.165, 1.54) is 17.7 Å². The van der Waals surface area contributed by atoms with Crippen molar-refractivity contribution < 1.29 is 23.4 Å². The van der Waals surface area contributed by atoms with E-state index in [1.54, 1.807) is 67.0 Å². The van der Waals surface area contributed by atoms with Crippen LogP contribution in [0.2, 0.25) is 0 Å². The standard InChI is InChI=1S/C37H30F2N4O3/c1-23-5-6-27(29(38)17-23)21-46-35-4-2-3-31(42-35)25-8-7-24(30(39)18-25)20-34-41-32-10-9-26(36(44)45)19-33(32)43(34)22-37(13-14-37)28-11-15-40-16-12-28/h2-12,15-19H,13-14,20-22H2,1H3,(H,44,45). The summed E-state index contributed by atoms with van der Waals surface area (Å²) < 4.78 is 37.8. The molecule has 0 unspecified atom stereocenters. The van der Waals surface area contributed by atoms with Gasteiger partial charge >= 0.3 is 5.97 Å². The maximum absolute atomic E-state index is 15.7. The first-order chi connectivity index (χ1) is 22.3. The maximum atomic E-state index is 15.7. The molecule has 1 saturated carbocycles. The Morgan fingerprint density at radius 2 is 1.70 bits per heavy atom. The van der Waals surface area contributed by atoms with Crippen LogP contribution in [0.1, 0.15) is 51.3 Å². The summed E-state index contributed by atoms with van der Waals surface area (Å²) in [7, 11) is 0. The van der Waals surface area contributed by atoms with Crippen molar-refractivity contribution in [3.63, 3.8) is 0 Å². The van der Waals surface area contributed by atoms with Gasteiger partial charge in [0.1, 0.15) is 24.1 Å². The average Bonchev–Trinajstić information content (AvgIpc) is 3.77. The fourth-order valence-corrected chi connectivity index (χ4v) is 5.91. The van der Waals surface area contributed by atoms with E-state index in [1.807, 2.05) is 29.7 Å². The van der Waals surface area contributed by atoms with Crippen molar-refractivity contribution in [2.24, 2.45) is 0 Å². The number of pyridine rings is 2. The molecule has 0 amide bonds. The number of ether oxygens (including phenoxy) is 1. The van der Waals surface area contributed by atoms with Crippen LogP contribution in [-0.2, 0) is 25.0 Å². The summed E-state index contributed by atoms with van der Waals surface area (Å²) in [4.78, 5) is 25.3. The number of hydrogen-bond donors (Lipinski definition) is 1. The number of carbonyl (C=O) groups is 1. The molecule has 9 heteroatoms. The Morgan fingerprint density at radius 1 is 0.913 bits per heavy atom. The molecule has 1 fully saturated rings. The molecular formula is C37H30F2N4O3. The number of imidazole rings is 1. The van der Waals surface area contributed by atoms with Crippen LogP contribution in [0.4, 0.5) is 8.78 Å². The van der Waals surface area contributed by atoms with Crippen LogP contribution in [0, 0.1) is 18.6 Å². The molecular weight excluding hydrogens is 586 g/mol. The van der Waals surface area contributed by atoms with E-state index in [0.717, 1.165) is 18.4 Å². The van der Waals surface area contributed by atoms with E-state index in [-0.39, 0.29) is 29.8 Å². The third-order valence-electron chi connectivity index (χ3n) is 8.69. The van der Waals surface area contributed by atoms with Crippen LogP contribution >= 0.6 is 0 Å². The fraction of sp³-hybridized carbons (Fsp3) is 0.189. The Bertz CT molecular complexity index is 2090. The Balaban J connectivity index is 1.16. The van der Waals surface area contributed by atoms with E-state index in [9.17, 15) is 14.3 Å². The minimum Gasteiger partial charge on any atom is -0.478 e. The molecule has 7 rings (SSSR count). The van der Waals surface area contributed by atoms with E-state index in [2.05, 4.69) is 9.97 Å². The van der Waals surface area contributed by atoms with Gasteiger partial charge in [0, 0.05) is 48.0 Å². The highest BCUT2D eigenvalue weighted by molar-refractivity contribution is 5.92. The third kappa shape index (κ3) is 5.83. The maximum Gasteiger partial charge on any atom is 0.335 e. The lowest BCUT2D eigenvalue weighted by molar-refractivity contribution is 0.0697. The largest absolute Gasteiger partial charge is 0.478 e. The number of halogens is 2. The van der Waals surface area contributed by atoms with Crippen molar-refractivity contribution in [3.8, 4) is 17.1 Å². The molecule has 0 atom stereocenters. The number of fused-ring (bicyclic) bond motifs is 1. The molecule has 7 nitrogen and oxygen atoms in total. The fourth-order valence-electron chi connectivity index (χ4n) is 5.91. The van der Waals surface area contributed by atoms with Gasteiger partial charge in [0.05, 0.1) is 22.3 Å². The number of hydrogen-bond acceptors (Lipinski definition) is 5. The summed E-state index contributed by atoms with van der Waals surface area (Å²) in [6, 6.07) is 24.1. The van der Waals surface area contributed by atoms with Gasteiger partial charge in [0.15, 0.2) is 0 Å². The number of benzene rings is 3. The first-order valence-electron chi connectivity index (χ1n) is 15.0. The van der Waals surface area contributed by atoms with Crippen molar-refractivity contribution in [1.29, 1.82) is 0 Å². The zero-order chi connectivity index (χ0) is 31.8. The number of nitrogens with zero attached hydrogens (tertiary/aromatic N) is 4. The highest BCUT2D eigenvalue weighted by Gasteiger charge is 2.45. The number of aromatic nitrogens is 4. The van der Waals surface area contributed by atoms with E-state index < -0.39 is 11.8 Å². The molecule has 230 valence electrons. The molecule has 1 aliphatic rings. The predicted octanol–water partition coefficient (Wildman–Crippen LogP) is 7.68. The minimum absolute atomic E-state index is 0.0211. The summed E-state index contributed by atoms with van der Waals surface area (Å²) in [5, 5.41) is 9.66. The van der Waals surface area contributed by atoms with Gasteiger partial charge < -0.3 is 14.4 Å². The second kappa shape index (κ2) is 11.8. The van der Waals surface area contributed by atoms with Gasteiger partial charge in [-0.2, -0.15) is 0 Å². The van der Waals surface area contributed by atoms with Crippen molar-refractivity contribution >= 4 is 17.0 Å². The number of rotatable bonds is 10. The number of aryl methyl sites for hydroxylation is 1. The molecule has 46 heavy (non-hydrogen) atoms. The SMILES string of the molecule is Cc1ccc(COc2cccc(-c3ccc(Cc4nc5ccc(C(=O)O)cc5n4CC4(c5ccncc5)CC4)c(F)c3)n2)c(F)c1. The molecule has 1 N–H and O–H groups in total. The molecule has 0 aliphatic heterocycles. The molecule has 6 aromatic rings. The molecule has 3 aromatic carbocycles. The zero-order valence-electron chi connectivity index (χ0n) is 25.1. The second-order valence-corrected chi connectivity index (χ2v) is 11.9. The summed E-state index contributed by atoms with van der Waals surface area (Å²) in [5.74, 6) is -0.804. The van der Waals surface area contributed by atoms with Crippen molar-refractivity contribution in [1.82, 2.24) is 19.5 Å². The Kier molecular flexibility index (Phi) is 7.52. The van der Waals surface area contributed by atoms with Crippen LogP contribution in [0.15, 0.2) is 97.3 Å². The van der Waals surface area contributed by atoms with Gasteiger partial charge in [-0.25, -0.2) is 23.5 Å². The van der Waals surface area contributed by atoms with Crippen LogP contribution in [-0.4, -0.2) is 30.6 Å². The van der Waals surface area contributed by atoms with Gasteiger partial charge in [0.25, 0.3) is 0 Å². The quantitative estimate of drug-likeness (QED) is 0.170. The normalized spacial score (nSPS) is 13.5. The zero-order valence-corrected chi connectivity index (χ0v) is 25.1. The van der Waals surface area contributed by atoms with Crippen molar-refractivity contribution in [2.75, 3.05) is 0 Å². The molecule has 3 aromatic heterocycles. The van der Waals surface area contributed by atoms with Crippen LogP contribution in [0.5, 0.6) is 5.88 Å². The summed E-state index contributed by atoms with van der Waals surface area (Å²) in [6.07, 6.45) is 5.74. The minimum atomic E-state index is -1.02. The molecule has 0 bridgehead atoms. The monoisotopic (exact) mass is 616 g/mol. The molecule has 0 spiro atoms. The summed E-state index contributed by atoms with van der Waals surface area (Å²) in [6.45, 7) is 2.44. The van der Waals surface area contributed by atoms with Gasteiger partial charge in [-0.3, -0.25) is 4.98 Å². The van der Waals surface area contributed by atoms with E-state index >= 15 is 4.39 Å². The van der Waals surface area contributed by atoms with Gasteiger partial charge in [-0.1, -0.05) is 30.3 Å². The Hall–Kier alpha value is -5.44. The molecule has 3 heterocycles. The molecule has 1 aliphatic carbocycles. The lowest BCUT2D eigenvalue weighted by Gasteiger charge is -2.19. The lowest BCUT2D eigenvalue weighted by atomic mass is 9.96. The highest BCUT2D eigenvalue weighted by Crippen LogP contribution is 2.50. The Morgan fingerprint density at radius 3 is 2.43 bits per heavy atom. The predicted molar refractivity (Wildman–Crippen MR) is 170 cm³/mol. The van der Waals surface area contributed by atoms with Gasteiger partial charge in [-0.15, -0.1) is 0 Å². The average molecular weight is 617 g/mol. The van der Waals surface area contributed by atoms with E-state index in [4.69, 9.17) is 9.72 Å². The second-order valence-electron chi connectivity index (χ2n) is 11.9. The number of aromatic carboxylic acids is 1. The van der Waals surface area contributed by atoms with E-state index in [0.29, 0.717) is 51.7 Å². The lowest BCUT2D eigenvalue weighted by Crippen LogP contribution is -2.18. The molecule has 0 radical (unpaired) electrons. The molecule has 0 saturated heterocycles. The first kappa shape index (κ1) is 29.3. The summed E-state index contributed by atoms with van der Waals surface area (Å²) in [5.41, 5.74) is 5.39. The van der Waals surface area contributed by atoms with Crippen LogP contribution in [0.3, 0.4) is 0 Å². The van der Waals surface area contributed by atoms with Gasteiger partial charge in [0.2, 0.25) is 5.88 Å².